The standard InChI is InChI=1S/C21H33N3OS/c1-22-6-8-24(9-7-22)20-11-17-14-23(15-18(17)12-21(20)25)13-16-4-3-5-19(10-16)26-2/h3-5,10,17-18,20-21,25H,6-9,11-15H2,1-2H3/t17-,18+,20-,21-/m1/s1. The lowest BCUT2D eigenvalue weighted by molar-refractivity contribution is -0.0249. The molecule has 0 spiro atoms. The maximum Gasteiger partial charge on any atom is 0.0698 e. The Bertz CT molecular complexity index is 605. The molecule has 3 aliphatic rings. The smallest absolute Gasteiger partial charge is 0.0698 e. The Morgan fingerprint density at radius 2 is 1.81 bits per heavy atom. The van der Waals surface area contributed by atoms with Crippen LogP contribution >= 0.6 is 11.8 Å². The molecular formula is C21H33N3OS. The third-order valence-electron chi connectivity index (χ3n) is 6.73. The molecule has 4 nitrogen and oxygen atoms in total. The van der Waals surface area contributed by atoms with Crippen LogP contribution in [0.2, 0.25) is 0 Å². The largest absolute Gasteiger partial charge is 0.391 e. The van der Waals surface area contributed by atoms with E-state index >= 15 is 0 Å². The summed E-state index contributed by atoms with van der Waals surface area (Å²) in [4.78, 5) is 8.93. The molecule has 2 saturated heterocycles. The Kier molecular flexibility index (Phi) is 5.91. The summed E-state index contributed by atoms with van der Waals surface area (Å²) in [7, 11) is 2.20. The fraction of sp³-hybridized carbons (Fsp3) is 0.714. The summed E-state index contributed by atoms with van der Waals surface area (Å²) in [5.74, 6) is 1.43. The summed E-state index contributed by atoms with van der Waals surface area (Å²) in [5, 5.41) is 10.8. The Hall–Kier alpha value is -0.590. The van der Waals surface area contributed by atoms with Gasteiger partial charge in [-0.3, -0.25) is 9.80 Å². The number of fused-ring (bicyclic) bond motifs is 1. The molecule has 144 valence electrons. The van der Waals surface area contributed by atoms with Gasteiger partial charge in [0.2, 0.25) is 0 Å². The van der Waals surface area contributed by atoms with E-state index in [4.69, 9.17) is 0 Å². The lowest BCUT2D eigenvalue weighted by Gasteiger charge is -2.44. The SMILES string of the molecule is CSc1cccc(CN2C[C@H]3C[C@@H](N4CCN(C)CC4)[C@H](O)C[C@H]3C2)c1. The number of likely N-dealkylation sites (N-methyl/N-ethyl adjacent to an activating group) is 1. The molecule has 0 aromatic heterocycles. The Labute approximate surface area is 162 Å². The fourth-order valence-electron chi connectivity index (χ4n) is 5.21. The van der Waals surface area contributed by atoms with Gasteiger partial charge in [0.05, 0.1) is 6.10 Å². The molecule has 2 heterocycles. The van der Waals surface area contributed by atoms with Crippen molar-refractivity contribution in [3.8, 4) is 0 Å². The van der Waals surface area contributed by atoms with Crippen molar-refractivity contribution in [1.29, 1.82) is 0 Å². The number of aliphatic hydroxyl groups is 1. The Morgan fingerprint density at radius 1 is 1.08 bits per heavy atom. The molecule has 1 saturated carbocycles. The third-order valence-corrected chi connectivity index (χ3v) is 7.46. The van der Waals surface area contributed by atoms with Gasteiger partial charge >= 0.3 is 0 Å². The van der Waals surface area contributed by atoms with E-state index in [1.807, 2.05) is 11.8 Å². The summed E-state index contributed by atoms with van der Waals surface area (Å²) >= 11 is 1.82. The van der Waals surface area contributed by atoms with Crippen molar-refractivity contribution in [1.82, 2.24) is 14.7 Å². The van der Waals surface area contributed by atoms with Gasteiger partial charge in [0.1, 0.15) is 0 Å². The van der Waals surface area contributed by atoms with Crippen LogP contribution in [0.25, 0.3) is 0 Å². The maximum absolute atomic E-state index is 10.8. The maximum atomic E-state index is 10.8. The summed E-state index contributed by atoms with van der Waals surface area (Å²) < 4.78 is 0. The minimum atomic E-state index is -0.139. The quantitative estimate of drug-likeness (QED) is 0.816. The molecule has 1 aromatic rings. The molecule has 1 aromatic carbocycles. The second kappa shape index (κ2) is 8.19. The van der Waals surface area contributed by atoms with Crippen LogP contribution < -0.4 is 0 Å². The van der Waals surface area contributed by atoms with Gasteiger partial charge in [-0.15, -0.1) is 11.8 Å². The van der Waals surface area contributed by atoms with E-state index < -0.39 is 0 Å². The zero-order valence-electron chi connectivity index (χ0n) is 16.2. The van der Waals surface area contributed by atoms with Gasteiger partial charge in [-0.05, 0) is 55.7 Å². The highest BCUT2D eigenvalue weighted by Crippen LogP contribution is 2.39. The predicted octanol–water partition coefficient (Wildman–Crippen LogP) is 2.23. The molecule has 0 bridgehead atoms. The summed E-state index contributed by atoms with van der Waals surface area (Å²) in [5.41, 5.74) is 1.42. The van der Waals surface area contributed by atoms with Crippen LogP contribution in [0.5, 0.6) is 0 Å². The van der Waals surface area contributed by atoms with E-state index in [2.05, 4.69) is 52.3 Å². The van der Waals surface area contributed by atoms with Gasteiger partial charge in [0.15, 0.2) is 0 Å². The number of thioether (sulfide) groups is 1. The van der Waals surface area contributed by atoms with Gasteiger partial charge in [-0.2, -0.15) is 0 Å². The van der Waals surface area contributed by atoms with E-state index in [0.717, 1.165) is 51.6 Å². The molecule has 1 N–H and O–H groups in total. The number of hydrogen-bond acceptors (Lipinski definition) is 5. The Morgan fingerprint density at radius 3 is 2.54 bits per heavy atom. The zero-order valence-corrected chi connectivity index (χ0v) is 17.0. The number of rotatable bonds is 4. The first-order valence-electron chi connectivity index (χ1n) is 10.1. The highest BCUT2D eigenvalue weighted by molar-refractivity contribution is 7.98. The van der Waals surface area contributed by atoms with Gasteiger partial charge < -0.3 is 10.0 Å². The fourth-order valence-corrected chi connectivity index (χ4v) is 5.69. The second-order valence-electron chi connectivity index (χ2n) is 8.51. The van der Waals surface area contributed by atoms with Crippen molar-refractivity contribution < 1.29 is 5.11 Å². The number of nitrogens with zero attached hydrogens (tertiary/aromatic N) is 3. The molecule has 4 rings (SSSR count). The van der Waals surface area contributed by atoms with E-state index in [9.17, 15) is 5.11 Å². The van der Waals surface area contributed by atoms with E-state index in [1.165, 1.54) is 23.4 Å². The highest BCUT2D eigenvalue weighted by atomic mass is 32.2. The van der Waals surface area contributed by atoms with Crippen molar-refractivity contribution >= 4 is 11.8 Å². The van der Waals surface area contributed by atoms with Crippen LogP contribution in [-0.2, 0) is 6.54 Å². The topological polar surface area (TPSA) is 30.0 Å². The number of aliphatic hydroxyl groups excluding tert-OH is 1. The van der Waals surface area contributed by atoms with Gasteiger partial charge in [0, 0.05) is 56.8 Å². The van der Waals surface area contributed by atoms with Crippen LogP contribution in [-0.4, -0.2) is 84.5 Å². The van der Waals surface area contributed by atoms with Gasteiger partial charge in [-0.1, -0.05) is 12.1 Å². The van der Waals surface area contributed by atoms with Crippen LogP contribution in [0.1, 0.15) is 18.4 Å². The highest BCUT2D eigenvalue weighted by Gasteiger charge is 2.43. The van der Waals surface area contributed by atoms with Crippen LogP contribution in [0.15, 0.2) is 29.2 Å². The normalized spacial score (nSPS) is 34.1. The second-order valence-corrected chi connectivity index (χ2v) is 9.39. The van der Waals surface area contributed by atoms with E-state index in [1.54, 1.807) is 0 Å². The van der Waals surface area contributed by atoms with Crippen molar-refractivity contribution in [2.24, 2.45) is 11.8 Å². The zero-order chi connectivity index (χ0) is 18.1. The first-order chi connectivity index (χ1) is 12.6. The lowest BCUT2D eigenvalue weighted by Crippen LogP contribution is -2.55. The molecule has 0 amide bonds. The number of piperazine rings is 1. The van der Waals surface area contributed by atoms with E-state index in [0.29, 0.717) is 12.0 Å². The van der Waals surface area contributed by atoms with E-state index in [-0.39, 0.29) is 6.10 Å². The molecule has 1 aliphatic carbocycles. The third kappa shape index (κ3) is 4.12. The van der Waals surface area contributed by atoms with Crippen LogP contribution in [0.4, 0.5) is 0 Å². The molecule has 0 unspecified atom stereocenters. The molecular weight excluding hydrogens is 342 g/mol. The van der Waals surface area contributed by atoms with Gasteiger partial charge in [-0.25, -0.2) is 0 Å². The average molecular weight is 376 g/mol. The van der Waals surface area contributed by atoms with Crippen LogP contribution in [0, 0.1) is 11.8 Å². The summed E-state index contributed by atoms with van der Waals surface area (Å²) in [6.07, 6.45) is 4.17. The van der Waals surface area contributed by atoms with Crippen molar-refractivity contribution in [3.63, 3.8) is 0 Å². The molecule has 3 fully saturated rings. The molecule has 4 atom stereocenters. The minimum Gasteiger partial charge on any atom is -0.391 e. The van der Waals surface area contributed by atoms with Crippen LogP contribution in [0.3, 0.4) is 0 Å². The van der Waals surface area contributed by atoms with Crippen molar-refractivity contribution in [3.05, 3.63) is 29.8 Å². The first kappa shape index (κ1) is 18.8. The van der Waals surface area contributed by atoms with Gasteiger partial charge in [0.25, 0.3) is 0 Å². The molecule has 26 heavy (non-hydrogen) atoms. The molecule has 0 radical (unpaired) electrons. The predicted molar refractivity (Wildman–Crippen MR) is 109 cm³/mol. The Balaban J connectivity index is 1.36. The summed E-state index contributed by atoms with van der Waals surface area (Å²) in [6, 6.07) is 9.33. The molecule has 5 heteroatoms. The monoisotopic (exact) mass is 375 g/mol. The summed E-state index contributed by atoms with van der Waals surface area (Å²) in [6.45, 7) is 7.90. The minimum absolute atomic E-state index is 0.139. The first-order valence-corrected chi connectivity index (χ1v) is 11.3. The number of likely N-dealkylation sites (tertiary alicyclic amines) is 1. The van der Waals surface area contributed by atoms with Crippen molar-refractivity contribution in [2.45, 2.75) is 36.4 Å². The average Bonchev–Trinajstić information content (AvgIpc) is 3.03. The lowest BCUT2D eigenvalue weighted by atomic mass is 9.77. The van der Waals surface area contributed by atoms with Crippen molar-refractivity contribution in [2.75, 3.05) is 52.6 Å². The number of benzene rings is 1. The number of hydrogen-bond donors (Lipinski definition) is 1. The molecule has 2 aliphatic heterocycles.